The zero-order valence-corrected chi connectivity index (χ0v) is 16.0. The minimum atomic E-state index is -3.06. The third-order valence-corrected chi connectivity index (χ3v) is 3.51. The predicted octanol–water partition coefficient (Wildman–Crippen LogP) is 2.83. The van der Waals surface area contributed by atoms with Crippen LogP contribution in [0.3, 0.4) is 0 Å². The summed E-state index contributed by atoms with van der Waals surface area (Å²) in [5, 5.41) is 12.6. The number of amidine groups is 1. The summed E-state index contributed by atoms with van der Waals surface area (Å²) in [6.07, 6.45) is 4.98. The molecular formula is C19H24F2N6O. The Hall–Kier alpha value is -3.36. The number of hydrogen-bond acceptors (Lipinski definition) is 4. The van der Waals surface area contributed by atoms with Crippen LogP contribution in [0.25, 0.3) is 0 Å². The number of carbonyl (C=O) groups is 1. The third-order valence-electron chi connectivity index (χ3n) is 3.51. The van der Waals surface area contributed by atoms with Gasteiger partial charge < -0.3 is 16.4 Å². The lowest BCUT2D eigenvalue weighted by molar-refractivity contribution is 0.0174. The topological polar surface area (TPSA) is 116 Å². The summed E-state index contributed by atoms with van der Waals surface area (Å²) in [4.78, 5) is 20.3. The smallest absolute Gasteiger partial charge is 0.270 e. The van der Waals surface area contributed by atoms with Crippen molar-refractivity contribution in [1.82, 2.24) is 10.6 Å². The van der Waals surface area contributed by atoms with E-state index in [4.69, 9.17) is 11.1 Å². The van der Waals surface area contributed by atoms with Gasteiger partial charge in [0.15, 0.2) is 0 Å². The molecule has 0 saturated heterocycles. The highest BCUT2D eigenvalue weighted by Crippen LogP contribution is 2.28. The van der Waals surface area contributed by atoms with Crippen molar-refractivity contribution in [3.63, 3.8) is 0 Å². The van der Waals surface area contributed by atoms with Crippen LogP contribution in [0.4, 0.5) is 8.78 Å². The number of nitrogens with two attached hydrogens (primary N) is 1. The van der Waals surface area contributed by atoms with Gasteiger partial charge in [0, 0.05) is 24.3 Å². The molecule has 0 aromatic heterocycles. The van der Waals surface area contributed by atoms with Gasteiger partial charge in [0.2, 0.25) is 0 Å². The fourth-order valence-electron chi connectivity index (χ4n) is 2.20. The lowest BCUT2D eigenvalue weighted by Crippen LogP contribution is -2.44. The Balaban J connectivity index is 2.97. The van der Waals surface area contributed by atoms with E-state index in [1.54, 1.807) is 13.8 Å². The number of halogens is 2. The largest absolute Gasteiger partial charge is 0.405 e. The van der Waals surface area contributed by atoms with E-state index < -0.39 is 17.9 Å². The summed E-state index contributed by atoms with van der Waals surface area (Å²) >= 11 is 0. The summed E-state index contributed by atoms with van der Waals surface area (Å²) in [6.45, 7) is 7.71. The number of nitrogens with one attached hydrogen (secondary N) is 3. The van der Waals surface area contributed by atoms with Crippen LogP contribution < -0.4 is 16.4 Å². The number of aryl methyl sites for hydroxylation is 1. The Bertz CT molecular complexity index is 824. The first kappa shape index (κ1) is 22.7. The molecule has 1 atom stereocenters. The van der Waals surface area contributed by atoms with Gasteiger partial charge in [-0.15, -0.1) is 0 Å². The maximum absolute atomic E-state index is 13.6. The average molecular weight is 390 g/mol. The van der Waals surface area contributed by atoms with E-state index in [-0.39, 0.29) is 22.8 Å². The van der Waals surface area contributed by atoms with Crippen LogP contribution in [0, 0.1) is 12.3 Å². The van der Waals surface area contributed by atoms with Crippen molar-refractivity contribution >= 4 is 24.3 Å². The van der Waals surface area contributed by atoms with Gasteiger partial charge in [0.05, 0.1) is 6.04 Å². The molecule has 1 amide bonds. The minimum Gasteiger partial charge on any atom is -0.405 e. The molecular weight excluding hydrogens is 366 g/mol. The first-order chi connectivity index (χ1) is 13.1. The van der Waals surface area contributed by atoms with E-state index in [2.05, 4.69) is 27.2 Å². The number of carbonyl (C=O) groups excluding carboxylic acids is 1. The van der Waals surface area contributed by atoms with Crippen molar-refractivity contribution in [3.8, 4) is 0 Å². The summed E-state index contributed by atoms with van der Waals surface area (Å²) in [5.74, 6) is -3.20. The van der Waals surface area contributed by atoms with Crippen LogP contribution in [-0.2, 0) is 5.92 Å². The standard InChI is InChI=1S/C19H24F2N6O/c1-12-8-15(10-16(9-12)19(4,20)21)18(28)26-13(2)17(25-11-23)27-14(3)24-7-5-6-22/h5-11,13H,3,22H2,1-2,4H3,(H,26,28)(H2,23,25,27)/b6-5-,24-7-. The Morgan fingerprint density at radius 3 is 2.64 bits per heavy atom. The van der Waals surface area contributed by atoms with E-state index in [9.17, 15) is 13.6 Å². The molecule has 0 aliphatic rings. The van der Waals surface area contributed by atoms with Crippen molar-refractivity contribution in [3.05, 3.63) is 59.6 Å². The first-order valence-electron chi connectivity index (χ1n) is 8.32. The van der Waals surface area contributed by atoms with Crippen LogP contribution in [-0.4, -0.2) is 30.3 Å². The number of aliphatic imine (C=N–C) groups is 2. The molecule has 0 radical (unpaired) electrons. The van der Waals surface area contributed by atoms with Crippen molar-refractivity contribution < 1.29 is 13.6 Å². The molecule has 0 spiro atoms. The van der Waals surface area contributed by atoms with Gasteiger partial charge in [-0.05, 0) is 43.8 Å². The number of allylic oxidation sites excluding steroid dienone is 1. The van der Waals surface area contributed by atoms with Crippen molar-refractivity contribution in [2.75, 3.05) is 0 Å². The van der Waals surface area contributed by atoms with Gasteiger partial charge in [0.1, 0.15) is 18.0 Å². The number of alkyl halides is 2. The Morgan fingerprint density at radius 1 is 1.39 bits per heavy atom. The molecule has 0 bridgehead atoms. The molecule has 0 aliphatic heterocycles. The van der Waals surface area contributed by atoms with Crippen LogP contribution in [0.5, 0.6) is 0 Å². The number of rotatable bonds is 8. The molecule has 1 unspecified atom stereocenters. The Kier molecular flexibility index (Phi) is 8.18. The quantitative estimate of drug-likeness (QED) is 0.404. The van der Waals surface area contributed by atoms with E-state index in [1.807, 2.05) is 0 Å². The maximum Gasteiger partial charge on any atom is 0.270 e. The lowest BCUT2D eigenvalue weighted by atomic mass is 10.0. The highest BCUT2D eigenvalue weighted by molar-refractivity contribution is 6.00. The molecule has 0 aliphatic carbocycles. The lowest BCUT2D eigenvalue weighted by Gasteiger charge is -2.18. The summed E-state index contributed by atoms with van der Waals surface area (Å²) < 4.78 is 27.2. The molecule has 0 heterocycles. The van der Waals surface area contributed by atoms with Gasteiger partial charge in [0.25, 0.3) is 11.8 Å². The van der Waals surface area contributed by atoms with Crippen molar-refractivity contribution in [2.45, 2.75) is 32.7 Å². The Morgan fingerprint density at radius 2 is 2.07 bits per heavy atom. The average Bonchev–Trinajstić information content (AvgIpc) is 2.60. The molecule has 0 saturated carbocycles. The van der Waals surface area contributed by atoms with Gasteiger partial charge in [-0.3, -0.25) is 10.2 Å². The normalized spacial score (nSPS) is 13.5. The van der Waals surface area contributed by atoms with E-state index >= 15 is 0 Å². The van der Waals surface area contributed by atoms with E-state index in [0.717, 1.165) is 19.3 Å². The second-order valence-electron chi connectivity index (χ2n) is 6.05. The Labute approximate surface area is 162 Å². The van der Waals surface area contributed by atoms with Gasteiger partial charge in [-0.2, -0.15) is 0 Å². The summed E-state index contributed by atoms with van der Waals surface area (Å²) in [6, 6.07) is 3.33. The summed E-state index contributed by atoms with van der Waals surface area (Å²) in [5.41, 5.74) is 5.60. The van der Waals surface area contributed by atoms with Gasteiger partial charge in [-0.25, -0.2) is 18.8 Å². The molecule has 1 aromatic carbocycles. The highest BCUT2D eigenvalue weighted by Gasteiger charge is 2.26. The predicted molar refractivity (Wildman–Crippen MR) is 108 cm³/mol. The fraction of sp³-hybridized carbons (Fsp3) is 0.263. The maximum atomic E-state index is 13.6. The zero-order valence-electron chi connectivity index (χ0n) is 16.0. The van der Waals surface area contributed by atoms with Gasteiger partial charge >= 0.3 is 0 Å². The van der Waals surface area contributed by atoms with Crippen molar-refractivity contribution in [1.29, 1.82) is 5.41 Å². The van der Waals surface area contributed by atoms with Crippen LogP contribution in [0.15, 0.2) is 52.9 Å². The molecule has 7 nitrogen and oxygen atoms in total. The second-order valence-corrected chi connectivity index (χ2v) is 6.05. The molecule has 9 heteroatoms. The van der Waals surface area contributed by atoms with Gasteiger partial charge in [-0.1, -0.05) is 12.6 Å². The SMILES string of the molecule is C=C(/N=C\C=C/N)N/C(=N\C=N)C(C)NC(=O)c1cc(C)cc(C(C)(F)F)c1. The molecule has 150 valence electrons. The minimum absolute atomic E-state index is 0.0995. The summed E-state index contributed by atoms with van der Waals surface area (Å²) in [7, 11) is 0. The van der Waals surface area contributed by atoms with Crippen molar-refractivity contribution in [2.24, 2.45) is 15.7 Å². The molecule has 1 aromatic rings. The molecule has 28 heavy (non-hydrogen) atoms. The molecule has 5 N–H and O–H groups in total. The van der Waals surface area contributed by atoms with E-state index in [0.29, 0.717) is 5.56 Å². The monoisotopic (exact) mass is 390 g/mol. The fourth-order valence-corrected chi connectivity index (χ4v) is 2.20. The first-order valence-corrected chi connectivity index (χ1v) is 8.32. The number of nitrogens with zero attached hydrogens (tertiary/aromatic N) is 2. The zero-order chi connectivity index (χ0) is 21.3. The number of benzene rings is 1. The highest BCUT2D eigenvalue weighted by atomic mass is 19.3. The van der Waals surface area contributed by atoms with Crippen LogP contribution >= 0.6 is 0 Å². The molecule has 0 fully saturated rings. The molecule has 1 rings (SSSR count). The van der Waals surface area contributed by atoms with Crippen LogP contribution in [0.1, 0.15) is 35.3 Å². The van der Waals surface area contributed by atoms with E-state index in [1.165, 1.54) is 30.6 Å². The third kappa shape index (κ3) is 7.10. The van der Waals surface area contributed by atoms with Crippen LogP contribution in [0.2, 0.25) is 0 Å². The second kappa shape index (κ2) is 10.1. The number of hydrogen-bond donors (Lipinski definition) is 4. The number of amides is 1.